The van der Waals surface area contributed by atoms with Crippen LogP contribution in [0.1, 0.15) is 30.9 Å². The summed E-state index contributed by atoms with van der Waals surface area (Å²) in [7, 11) is 0. The first kappa shape index (κ1) is 11.5. The summed E-state index contributed by atoms with van der Waals surface area (Å²) in [6.07, 6.45) is 0. The average molecular weight is 205 g/mol. The molecule has 3 heteroatoms. The van der Waals surface area contributed by atoms with Crippen LogP contribution in [0.3, 0.4) is 0 Å². The summed E-state index contributed by atoms with van der Waals surface area (Å²) >= 11 is 0. The second-order valence-electron chi connectivity index (χ2n) is 3.56. The molecule has 0 aliphatic rings. The Hall–Kier alpha value is -1.53. The van der Waals surface area contributed by atoms with E-state index in [9.17, 15) is 0 Å². The van der Waals surface area contributed by atoms with Crippen molar-refractivity contribution in [3.8, 4) is 11.8 Å². The molecule has 0 saturated carbocycles. The Morgan fingerprint density at radius 2 is 2.20 bits per heavy atom. The molecule has 0 atom stereocenters. The molecular weight excluding hydrogens is 190 g/mol. The van der Waals surface area contributed by atoms with Gasteiger partial charge in [0, 0.05) is 0 Å². The number of hydrogen-bond acceptors (Lipinski definition) is 3. The largest absolute Gasteiger partial charge is 0.490 e. The topological polar surface area (TPSA) is 53.2 Å². The Labute approximate surface area is 89.9 Å². The number of rotatable bonds is 4. The van der Waals surface area contributed by atoms with Crippen LogP contribution in [0.4, 0.5) is 0 Å². The minimum atomic E-state index is -0.0443. The maximum atomic E-state index is 8.93. The van der Waals surface area contributed by atoms with E-state index in [0.29, 0.717) is 17.2 Å². The van der Waals surface area contributed by atoms with Gasteiger partial charge in [0.1, 0.15) is 18.4 Å². The lowest BCUT2D eigenvalue weighted by atomic mass is 9.99. The minimum absolute atomic E-state index is 0.0443. The molecule has 0 aromatic heterocycles. The number of nitrogens with zero attached hydrogens (tertiary/aromatic N) is 1. The highest BCUT2D eigenvalue weighted by atomic mass is 16.5. The second kappa shape index (κ2) is 5.38. The van der Waals surface area contributed by atoms with E-state index in [1.54, 1.807) is 6.07 Å². The smallest absolute Gasteiger partial charge is 0.140 e. The number of aliphatic hydroxyl groups excluding tert-OH is 1. The van der Waals surface area contributed by atoms with Crippen LogP contribution in [0.15, 0.2) is 18.2 Å². The van der Waals surface area contributed by atoms with Crippen molar-refractivity contribution in [1.29, 1.82) is 5.26 Å². The average Bonchev–Trinajstić information content (AvgIpc) is 2.25. The molecule has 0 spiro atoms. The molecule has 0 amide bonds. The predicted molar refractivity (Wildman–Crippen MR) is 57.8 cm³/mol. The number of nitriles is 1. The van der Waals surface area contributed by atoms with Crippen molar-refractivity contribution in [2.24, 2.45) is 0 Å². The van der Waals surface area contributed by atoms with Crippen LogP contribution >= 0.6 is 0 Å². The Bertz CT molecular complexity index is 366. The summed E-state index contributed by atoms with van der Waals surface area (Å²) in [6, 6.07) is 7.60. The Morgan fingerprint density at radius 3 is 2.73 bits per heavy atom. The van der Waals surface area contributed by atoms with Gasteiger partial charge in [0.25, 0.3) is 0 Å². The van der Waals surface area contributed by atoms with E-state index in [1.807, 2.05) is 26.0 Å². The second-order valence-corrected chi connectivity index (χ2v) is 3.56. The SMILES string of the molecule is CC(C)c1cccc(C#N)c1OCCO. The normalized spacial score (nSPS) is 10.1. The highest BCUT2D eigenvalue weighted by Crippen LogP contribution is 2.29. The molecule has 0 radical (unpaired) electrons. The number of para-hydroxylation sites is 1. The van der Waals surface area contributed by atoms with Gasteiger partial charge in [-0.05, 0) is 17.5 Å². The highest BCUT2D eigenvalue weighted by Gasteiger charge is 2.11. The Balaban J connectivity index is 3.10. The molecule has 0 aliphatic heterocycles. The first-order chi connectivity index (χ1) is 7.20. The molecule has 1 aromatic carbocycles. The fourth-order valence-corrected chi connectivity index (χ4v) is 1.41. The quantitative estimate of drug-likeness (QED) is 0.818. The van der Waals surface area contributed by atoms with Crippen molar-refractivity contribution >= 4 is 0 Å². The third-order valence-electron chi connectivity index (χ3n) is 2.13. The van der Waals surface area contributed by atoms with Gasteiger partial charge in [-0.1, -0.05) is 26.0 Å². The molecule has 1 N–H and O–H groups in total. The van der Waals surface area contributed by atoms with E-state index >= 15 is 0 Å². The van der Waals surface area contributed by atoms with E-state index in [2.05, 4.69) is 6.07 Å². The van der Waals surface area contributed by atoms with Gasteiger partial charge in [-0.3, -0.25) is 0 Å². The first-order valence-electron chi connectivity index (χ1n) is 4.97. The maximum absolute atomic E-state index is 8.93. The van der Waals surface area contributed by atoms with Gasteiger partial charge < -0.3 is 9.84 Å². The zero-order valence-electron chi connectivity index (χ0n) is 9.03. The summed E-state index contributed by atoms with van der Waals surface area (Å²) in [5.41, 5.74) is 1.53. The van der Waals surface area contributed by atoms with E-state index in [-0.39, 0.29) is 13.2 Å². The predicted octanol–water partition coefficient (Wildman–Crippen LogP) is 2.05. The van der Waals surface area contributed by atoms with Gasteiger partial charge in [0.2, 0.25) is 0 Å². The Kier molecular flexibility index (Phi) is 4.14. The number of ether oxygens (including phenoxy) is 1. The van der Waals surface area contributed by atoms with Crippen molar-refractivity contribution in [1.82, 2.24) is 0 Å². The van der Waals surface area contributed by atoms with Gasteiger partial charge in [0.15, 0.2) is 0 Å². The molecule has 0 fully saturated rings. The van der Waals surface area contributed by atoms with Crippen molar-refractivity contribution in [3.05, 3.63) is 29.3 Å². The van der Waals surface area contributed by atoms with E-state index < -0.39 is 0 Å². The zero-order valence-corrected chi connectivity index (χ0v) is 9.03. The standard InChI is InChI=1S/C12H15NO2/c1-9(2)11-5-3-4-10(8-13)12(11)15-7-6-14/h3-5,9,14H,6-7H2,1-2H3. The zero-order chi connectivity index (χ0) is 11.3. The number of benzene rings is 1. The van der Waals surface area contributed by atoms with Crippen LogP contribution in [0.2, 0.25) is 0 Å². The molecule has 80 valence electrons. The van der Waals surface area contributed by atoms with Crippen LogP contribution in [-0.2, 0) is 0 Å². The van der Waals surface area contributed by atoms with Crippen LogP contribution in [-0.4, -0.2) is 18.3 Å². The summed E-state index contributed by atoms with van der Waals surface area (Å²) in [5, 5.41) is 17.6. The highest BCUT2D eigenvalue weighted by molar-refractivity contribution is 5.49. The fourth-order valence-electron chi connectivity index (χ4n) is 1.41. The maximum Gasteiger partial charge on any atom is 0.140 e. The molecule has 1 rings (SSSR count). The molecule has 0 aliphatic carbocycles. The molecule has 0 saturated heterocycles. The summed E-state index contributed by atoms with van der Waals surface area (Å²) < 4.78 is 5.40. The van der Waals surface area contributed by atoms with Crippen LogP contribution in [0, 0.1) is 11.3 Å². The van der Waals surface area contributed by atoms with Crippen molar-refractivity contribution in [2.75, 3.05) is 13.2 Å². The lowest BCUT2D eigenvalue weighted by molar-refractivity contribution is 0.199. The lowest BCUT2D eigenvalue weighted by Gasteiger charge is -2.14. The van der Waals surface area contributed by atoms with Crippen molar-refractivity contribution in [2.45, 2.75) is 19.8 Å². The van der Waals surface area contributed by atoms with Gasteiger partial charge in [-0.15, -0.1) is 0 Å². The lowest BCUT2D eigenvalue weighted by Crippen LogP contribution is -2.06. The fraction of sp³-hybridized carbons (Fsp3) is 0.417. The first-order valence-corrected chi connectivity index (χ1v) is 4.97. The molecule has 0 heterocycles. The van der Waals surface area contributed by atoms with Gasteiger partial charge in [0.05, 0.1) is 12.2 Å². The molecule has 1 aromatic rings. The molecule has 15 heavy (non-hydrogen) atoms. The summed E-state index contributed by atoms with van der Waals surface area (Å²) in [6.45, 7) is 4.26. The van der Waals surface area contributed by atoms with E-state index in [1.165, 1.54) is 0 Å². The molecular formula is C12H15NO2. The van der Waals surface area contributed by atoms with Crippen LogP contribution < -0.4 is 4.74 Å². The summed E-state index contributed by atoms with van der Waals surface area (Å²) in [5.74, 6) is 0.899. The summed E-state index contributed by atoms with van der Waals surface area (Å²) in [4.78, 5) is 0. The third kappa shape index (κ3) is 2.71. The molecule has 3 nitrogen and oxygen atoms in total. The van der Waals surface area contributed by atoms with Gasteiger partial charge in [-0.2, -0.15) is 5.26 Å². The Morgan fingerprint density at radius 1 is 1.47 bits per heavy atom. The molecule has 0 unspecified atom stereocenters. The number of hydrogen-bond donors (Lipinski definition) is 1. The van der Waals surface area contributed by atoms with Gasteiger partial charge in [-0.25, -0.2) is 0 Å². The number of aliphatic hydroxyl groups is 1. The monoisotopic (exact) mass is 205 g/mol. The van der Waals surface area contributed by atoms with E-state index in [0.717, 1.165) is 5.56 Å². The minimum Gasteiger partial charge on any atom is -0.490 e. The van der Waals surface area contributed by atoms with Gasteiger partial charge >= 0.3 is 0 Å². The van der Waals surface area contributed by atoms with Crippen LogP contribution in [0.25, 0.3) is 0 Å². The third-order valence-corrected chi connectivity index (χ3v) is 2.13. The van der Waals surface area contributed by atoms with Crippen molar-refractivity contribution < 1.29 is 9.84 Å². The molecule has 0 bridgehead atoms. The van der Waals surface area contributed by atoms with Crippen LogP contribution in [0.5, 0.6) is 5.75 Å². The van der Waals surface area contributed by atoms with E-state index in [4.69, 9.17) is 15.1 Å². The van der Waals surface area contributed by atoms with Crippen molar-refractivity contribution in [3.63, 3.8) is 0 Å².